The fourth-order valence-corrected chi connectivity index (χ4v) is 10.3. The van der Waals surface area contributed by atoms with Gasteiger partial charge in [-0.25, -0.2) is 0 Å². The topological polar surface area (TPSA) is 61.4 Å². The zero-order chi connectivity index (χ0) is 22.2. The minimum Gasteiger partial charge on any atom is -0.398 e. The average Bonchev–Trinajstić information content (AvgIpc) is 2.73. The van der Waals surface area contributed by atoms with E-state index in [-0.39, 0.29) is 0 Å². The number of nitrogens with one attached hydrogen (secondary N) is 1. The maximum atomic E-state index is 6.19. The molecule has 0 aliphatic carbocycles. The van der Waals surface area contributed by atoms with E-state index < -0.39 is 26.9 Å². The molecular formula is C19H46N2O5Si3. The second-order valence-electron chi connectivity index (χ2n) is 6.88. The Labute approximate surface area is 183 Å². The van der Waals surface area contributed by atoms with E-state index in [0.29, 0.717) is 19.8 Å². The Balaban J connectivity index is 5.09. The normalized spacial score (nSPS) is 13.6. The summed E-state index contributed by atoms with van der Waals surface area (Å²) in [5, 5.41) is 3.61. The third-order valence-electron chi connectivity index (χ3n) is 4.97. The summed E-state index contributed by atoms with van der Waals surface area (Å²) in [5.41, 5.74) is 0. The van der Waals surface area contributed by atoms with Gasteiger partial charge in [0.15, 0.2) is 0 Å². The minimum atomic E-state index is -2.82. The standard InChI is InChI=1S/C19H46N2O5Si3/c1-9-21(10-2)17-19(29(24-11-3,25-12-4)26-13-5)27-18-20-15-14-16-28(8,22-6)23-7/h17,20H,9-16,18,27H2,1-8H3. The molecule has 0 rings (SSSR count). The second kappa shape index (κ2) is 16.6. The third kappa shape index (κ3) is 10.7. The van der Waals surface area contributed by atoms with Crippen LogP contribution in [0.3, 0.4) is 0 Å². The van der Waals surface area contributed by atoms with Crippen molar-refractivity contribution in [3.63, 3.8) is 0 Å². The van der Waals surface area contributed by atoms with E-state index in [9.17, 15) is 0 Å². The molecule has 0 unspecified atom stereocenters. The Morgan fingerprint density at radius 2 is 1.45 bits per heavy atom. The van der Waals surface area contributed by atoms with Gasteiger partial charge in [0.2, 0.25) is 0 Å². The van der Waals surface area contributed by atoms with Crippen LogP contribution in [0.2, 0.25) is 12.6 Å². The summed E-state index contributed by atoms with van der Waals surface area (Å²) in [5.74, 6) is 0. The maximum Gasteiger partial charge on any atom is 0.529 e. The van der Waals surface area contributed by atoms with Crippen molar-refractivity contribution in [2.75, 3.05) is 59.8 Å². The quantitative estimate of drug-likeness (QED) is 0.231. The van der Waals surface area contributed by atoms with Crippen LogP contribution in [0, 0.1) is 0 Å². The molecule has 0 aromatic rings. The van der Waals surface area contributed by atoms with Crippen molar-refractivity contribution in [1.29, 1.82) is 0 Å². The largest absolute Gasteiger partial charge is 0.529 e. The van der Waals surface area contributed by atoms with Crippen LogP contribution in [0.25, 0.3) is 0 Å². The summed E-state index contributed by atoms with van der Waals surface area (Å²) in [6.45, 7) is 17.2. The van der Waals surface area contributed by atoms with Crippen molar-refractivity contribution >= 4 is 26.9 Å². The van der Waals surface area contributed by atoms with Crippen molar-refractivity contribution in [3.8, 4) is 0 Å². The van der Waals surface area contributed by atoms with Gasteiger partial charge in [0, 0.05) is 47.1 Å². The first-order valence-corrected chi connectivity index (χ1v) is 17.0. The molecule has 29 heavy (non-hydrogen) atoms. The van der Waals surface area contributed by atoms with E-state index in [1.165, 1.54) is 4.82 Å². The third-order valence-corrected chi connectivity index (χ3v) is 14.3. The summed E-state index contributed by atoms with van der Waals surface area (Å²) < 4.78 is 29.7. The first-order valence-electron chi connectivity index (χ1n) is 11.1. The molecule has 0 heterocycles. The highest BCUT2D eigenvalue weighted by Gasteiger charge is 2.45. The Kier molecular flexibility index (Phi) is 16.6. The first-order chi connectivity index (χ1) is 13.9. The van der Waals surface area contributed by atoms with E-state index in [2.05, 4.69) is 36.8 Å². The highest BCUT2D eigenvalue weighted by Crippen LogP contribution is 2.20. The van der Waals surface area contributed by atoms with E-state index in [0.717, 1.165) is 38.3 Å². The summed E-state index contributed by atoms with van der Waals surface area (Å²) in [6.07, 6.45) is 4.31. The molecule has 0 aliphatic rings. The molecular weight excluding hydrogens is 420 g/mol. The predicted molar refractivity (Wildman–Crippen MR) is 128 cm³/mol. The molecule has 0 saturated carbocycles. The molecule has 174 valence electrons. The molecule has 0 aromatic heterocycles. The molecule has 0 fully saturated rings. The van der Waals surface area contributed by atoms with Crippen LogP contribution >= 0.6 is 0 Å². The van der Waals surface area contributed by atoms with Gasteiger partial charge in [-0.1, -0.05) is 0 Å². The second-order valence-corrected chi connectivity index (χ2v) is 15.6. The van der Waals surface area contributed by atoms with Crippen LogP contribution in [0.1, 0.15) is 41.0 Å². The van der Waals surface area contributed by atoms with Crippen LogP contribution in [-0.4, -0.2) is 91.6 Å². The van der Waals surface area contributed by atoms with Crippen molar-refractivity contribution in [1.82, 2.24) is 10.2 Å². The monoisotopic (exact) mass is 466 g/mol. The number of hydrogen-bond acceptors (Lipinski definition) is 7. The van der Waals surface area contributed by atoms with Gasteiger partial charge in [0.05, 0.1) is 9.52 Å². The highest BCUT2D eigenvalue weighted by atomic mass is 28.4. The molecule has 0 spiro atoms. The van der Waals surface area contributed by atoms with Gasteiger partial charge >= 0.3 is 17.4 Å². The molecule has 0 bridgehead atoms. The minimum absolute atomic E-state index is 0.598. The zero-order valence-electron chi connectivity index (χ0n) is 20.1. The summed E-state index contributed by atoms with van der Waals surface area (Å²) in [7, 11) is -1.93. The molecule has 10 heteroatoms. The van der Waals surface area contributed by atoms with Crippen LogP contribution in [0.5, 0.6) is 0 Å². The van der Waals surface area contributed by atoms with E-state index in [4.69, 9.17) is 22.1 Å². The predicted octanol–water partition coefficient (Wildman–Crippen LogP) is 2.23. The van der Waals surface area contributed by atoms with Crippen LogP contribution in [0.15, 0.2) is 11.0 Å². The van der Waals surface area contributed by atoms with E-state index in [1.807, 2.05) is 20.8 Å². The summed E-state index contributed by atoms with van der Waals surface area (Å²) in [6, 6.07) is 0.992. The molecule has 0 aromatic carbocycles. The van der Waals surface area contributed by atoms with Crippen LogP contribution in [-0.2, 0) is 22.1 Å². The van der Waals surface area contributed by atoms with E-state index >= 15 is 0 Å². The maximum absolute atomic E-state index is 6.19. The lowest BCUT2D eigenvalue weighted by molar-refractivity contribution is 0.0823. The number of nitrogens with zero attached hydrogens (tertiary/aromatic N) is 1. The van der Waals surface area contributed by atoms with Crippen molar-refractivity contribution in [3.05, 3.63) is 11.0 Å². The Morgan fingerprint density at radius 3 is 1.86 bits per heavy atom. The van der Waals surface area contributed by atoms with E-state index in [1.54, 1.807) is 14.2 Å². The van der Waals surface area contributed by atoms with Gasteiger partial charge in [-0.15, -0.1) is 0 Å². The smallest absolute Gasteiger partial charge is 0.398 e. The van der Waals surface area contributed by atoms with Gasteiger partial charge in [-0.2, -0.15) is 0 Å². The summed E-state index contributed by atoms with van der Waals surface area (Å²) >= 11 is 0. The lowest BCUT2D eigenvalue weighted by atomic mass is 10.5. The molecule has 0 atom stereocenters. The molecule has 1 N–H and O–H groups in total. The average molecular weight is 467 g/mol. The lowest BCUT2D eigenvalue weighted by Crippen LogP contribution is -2.51. The Morgan fingerprint density at radius 1 is 0.931 bits per heavy atom. The van der Waals surface area contributed by atoms with Crippen molar-refractivity contribution in [2.24, 2.45) is 0 Å². The Hall–Kier alpha value is -0.0494. The SMILES string of the molecule is CCO[Si](OCC)(OCC)C(=CN(CC)CC)[SiH2]CNCCC[Si](C)(OC)OC. The van der Waals surface area contributed by atoms with Crippen LogP contribution < -0.4 is 5.32 Å². The Bertz CT molecular complexity index is 419. The number of hydrogen-bond donors (Lipinski definition) is 1. The fourth-order valence-electron chi connectivity index (χ4n) is 3.07. The molecule has 0 saturated heterocycles. The van der Waals surface area contributed by atoms with Gasteiger partial charge in [-0.05, 0) is 77.4 Å². The summed E-state index contributed by atoms with van der Waals surface area (Å²) in [4.78, 5) is 3.60. The fraction of sp³-hybridized carbons (Fsp3) is 0.895. The lowest BCUT2D eigenvalue weighted by Gasteiger charge is -2.32. The first kappa shape index (κ1) is 29.0. The van der Waals surface area contributed by atoms with Gasteiger partial charge in [0.1, 0.15) is 0 Å². The highest BCUT2D eigenvalue weighted by molar-refractivity contribution is 6.83. The van der Waals surface area contributed by atoms with Crippen molar-refractivity contribution in [2.45, 2.75) is 53.6 Å². The van der Waals surface area contributed by atoms with Gasteiger partial charge in [-0.3, -0.25) is 0 Å². The van der Waals surface area contributed by atoms with Crippen LogP contribution in [0.4, 0.5) is 0 Å². The van der Waals surface area contributed by atoms with Gasteiger partial charge in [0.25, 0.3) is 0 Å². The van der Waals surface area contributed by atoms with Gasteiger partial charge < -0.3 is 32.3 Å². The van der Waals surface area contributed by atoms with Crippen molar-refractivity contribution < 1.29 is 22.1 Å². The zero-order valence-corrected chi connectivity index (χ0v) is 23.6. The number of rotatable bonds is 19. The molecule has 7 nitrogen and oxygen atoms in total. The molecule has 0 radical (unpaired) electrons. The molecule has 0 aliphatic heterocycles. The molecule has 0 amide bonds.